The fourth-order valence-corrected chi connectivity index (χ4v) is 4.25. The number of piperidine rings is 1. The van der Waals surface area contributed by atoms with Gasteiger partial charge in [0.05, 0.1) is 0 Å². The number of rotatable bonds is 6. The van der Waals surface area contributed by atoms with Gasteiger partial charge in [-0.2, -0.15) is 0 Å². The van der Waals surface area contributed by atoms with Crippen molar-refractivity contribution in [3.63, 3.8) is 0 Å². The zero-order valence-corrected chi connectivity index (χ0v) is 15.9. The molecule has 2 aliphatic heterocycles. The monoisotopic (exact) mass is 360 g/mol. The van der Waals surface area contributed by atoms with Crippen LogP contribution in [0.5, 0.6) is 0 Å². The molecule has 2 saturated heterocycles. The van der Waals surface area contributed by atoms with E-state index in [1.807, 2.05) is 35.4 Å². The van der Waals surface area contributed by atoms with Crippen LogP contribution in [-0.4, -0.2) is 60.5 Å². The molecule has 0 aliphatic carbocycles. The van der Waals surface area contributed by atoms with E-state index in [0.29, 0.717) is 6.42 Å². The van der Waals surface area contributed by atoms with Gasteiger partial charge in [-0.1, -0.05) is 12.1 Å². The van der Waals surface area contributed by atoms with Crippen LogP contribution in [0.3, 0.4) is 0 Å². The second kappa shape index (κ2) is 8.86. The molecule has 2 heterocycles. The Labute approximate surface area is 154 Å². The lowest BCUT2D eigenvalue weighted by Crippen LogP contribution is -2.41. The van der Waals surface area contributed by atoms with Crippen LogP contribution in [0.15, 0.2) is 29.2 Å². The summed E-state index contributed by atoms with van der Waals surface area (Å²) in [6.45, 7) is 4.42. The first-order valence-corrected chi connectivity index (χ1v) is 10.6. The summed E-state index contributed by atoms with van der Waals surface area (Å²) in [6, 6.07) is 7.94. The molecule has 5 heteroatoms. The summed E-state index contributed by atoms with van der Waals surface area (Å²) in [7, 11) is 0. The van der Waals surface area contributed by atoms with Crippen LogP contribution in [0.4, 0.5) is 0 Å². The Bertz CT molecular complexity index is 596. The lowest BCUT2D eigenvalue weighted by atomic mass is 9.90. The first-order valence-electron chi connectivity index (χ1n) is 9.36. The number of benzene rings is 1. The van der Waals surface area contributed by atoms with E-state index in [1.165, 1.54) is 4.90 Å². The number of Topliss-reactive ketones (excluding diaryl/α,β-unsaturated/α-hetero) is 1. The normalized spacial score (nSPS) is 21.5. The standard InChI is InChI=1S/C20H28N2O2S/c1-25-18-8-6-16(7-9-18)20(24)17-5-4-11-21(15-17)14-10-19(23)22-12-2-3-13-22/h6-9,17H,2-5,10-15H2,1H3/t17-/m1/s1. The molecule has 2 fully saturated rings. The molecule has 0 bridgehead atoms. The first-order chi connectivity index (χ1) is 12.2. The third kappa shape index (κ3) is 4.85. The quantitative estimate of drug-likeness (QED) is 0.576. The van der Waals surface area contributed by atoms with Crippen LogP contribution in [-0.2, 0) is 4.79 Å². The summed E-state index contributed by atoms with van der Waals surface area (Å²) in [5.74, 6) is 0.595. The minimum Gasteiger partial charge on any atom is -0.343 e. The van der Waals surface area contributed by atoms with Gasteiger partial charge in [-0.25, -0.2) is 0 Å². The van der Waals surface area contributed by atoms with Crippen molar-refractivity contribution in [2.24, 2.45) is 5.92 Å². The second-order valence-electron chi connectivity index (χ2n) is 7.07. The van der Waals surface area contributed by atoms with E-state index in [0.717, 1.165) is 64.0 Å². The molecule has 25 heavy (non-hydrogen) atoms. The summed E-state index contributed by atoms with van der Waals surface area (Å²) >= 11 is 1.69. The maximum Gasteiger partial charge on any atom is 0.223 e. The predicted octanol–water partition coefficient (Wildman–Crippen LogP) is 3.32. The summed E-state index contributed by atoms with van der Waals surface area (Å²) in [4.78, 5) is 30.5. The predicted molar refractivity (Wildman–Crippen MR) is 102 cm³/mol. The van der Waals surface area contributed by atoms with Crippen molar-refractivity contribution >= 4 is 23.5 Å². The van der Waals surface area contributed by atoms with Crippen molar-refractivity contribution in [1.29, 1.82) is 0 Å². The van der Waals surface area contributed by atoms with Crippen LogP contribution in [0.1, 0.15) is 42.5 Å². The molecule has 2 aliphatic rings. The average molecular weight is 361 g/mol. The van der Waals surface area contributed by atoms with Gasteiger partial charge in [0.2, 0.25) is 5.91 Å². The molecule has 1 atom stereocenters. The number of hydrogen-bond acceptors (Lipinski definition) is 4. The van der Waals surface area contributed by atoms with Gasteiger partial charge in [0.15, 0.2) is 5.78 Å². The summed E-state index contributed by atoms with van der Waals surface area (Å²) < 4.78 is 0. The number of hydrogen-bond donors (Lipinski definition) is 0. The second-order valence-corrected chi connectivity index (χ2v) is 7.95. The molecule has 0 radical (unpaired) electrons. The van der Waals surface area contributed by atoms with E-state index in [9.17, 15) is 9.59 Å². The molecule has 0 saturated carbocycles. The van der Waals surface area contributed by atoms with E-state index >= 15 is 0 Å². The smallest absolute Gasteiger partial charge is 0.223 e. The maximum absolute atomic E-state index is 12.8. The fourth-order valence-electron chi connectivity index (χ4n) is 3.84. The molecule has 3 rings (SSSR count). The summed E-state index contributed by atoms with van der Waals surface area (Å²) in [5, 5.41) is 0. The van der Waals surface area contributed by atoms with Crippen LogP contribution < -0.4 is 0 Å². The number of ketones is 1. The number of likely N-dealkylation sites (tertiary alicyclic amines) is 2. The van der Waals surface area contributed by atoms with E-state index < -0.39 is 0 Å². The minimum atomic E-state index is 0.0655. The highest BCUT2D eigenvalue weighted by atomic mass is 32.2. The van der Waals surface area contributed by atoms with E-state index in [1.54, 1.807) is 11.8 Å². The molecule has 4 nitrogen and oxygen atoms in total. The topological polar surface area (TPSA) is 40.6 Å². The molecule has 0 N–H and O–H groups in total. The van der Waals surface area contributed by atoms with Crippen molar-refractivity contribution in [3.05, 3.63) is 29.8 Å². The molecule has 0 aromatic heterocycles. The van der Waals surface area contributed by atoms with Gasteiger partial charge in [-0.3, -0.25) is 9.59 Å². The van der Waals surface area contributed by atoms with Gasteiger partial charge in [-0.15, -0.1) is 11.8 Å². The van der Waals surface area contributed by atoms with Crippen molar-refractivity contribution in [1.82, 2.24) is 9.80 Å². The summed E-state index contributed by atoms with van der Waals surface area (Å²) in [6.07, 6.45) is 6.90. The van der Waals surface area contributed by atoms with Gasteiger partial charge in [0, 0.05) is 49.0 Å². The van der Waals surface area contributed by atoms with Crippen LogP contribution >= 0.6 is 11.8 Å². The highest BCUT2D eigenvalue weighted by Gasteiger charge is 2.27. The lowest BCUT2D eigenvalue weighted by molar-refractivity contribution is -0.130. The van der Waals surface area contributed by atoms with Gasteiger partial charge < -0.3 is 9.80 Å². The van der Waals surface area contributed by atoms with Crippen molar-refractivity contribution in [2.45, 2.75) is 37.0 Å². The molecule has 1 amide bonds. The Morgan fingerprint density at radius 2 is 1.80 bits per heavy atom. The zero-order valence-electron chi connectivity index (χ0n) is 15.1. The number of carbonyl (C=O) groups excluding carboxylic acids is 2. The van der Waals surface area contributed by atoms with Gasteiger partial charge in [0.25, 0.3) is 0 Å². The van der Waals surface area contributed by atoms with E-state index in [-0.39, 0.29) is 17.6 Å². The largest absolute Gasteiger partial charge is 0.343 e. The van der Waals surface area contributed by atoms with Crippen molar-refractivity contribution in [2.75, 3.05) is 39.0 Å². The van der Waals surface area contributed by atoms with E-state index in [2.05, 4.69) is 4.90 Å². The van der Waals surface area contributed by atoms with Gasteiger partial charge >= 0.3 is 0 Å². The average Bonchev–Trinajstić information content (AvgIpc) is 3.21. The van der Waals surface area contributed by atoms with Crippen LogP contribution in [0.2, 0.25) is 0 Å². The maximum atomic E-state index is 12.8. The Morgan fingerprint density at radius 1 is 1.08 bits per heavy atom. The Morgan fingerprint density at radius 3 is 2.48 bits per heavy atom. The molecule has 0 unspecified atom stereocenters. The number of amides is 1. The van der Waals surface area contributed by atoms with Crippen molar-refractivity contribution in [3.8, 4) is 0 Å². The molecule has 136 valence electrons. The van der Waals surface area contributed by atoms with Gasteiger partial charge in [-0.05, 0) is 50.6 Å². The zero-order chi connectivity index (χ0) is 17.6. The third-order valence-electron chi connectivity index (χ3n) is 5.35. The SMILES string of the molecule is CSc1ccc(C(=O)[C@@H]2CCCN(CCC(=O)N3CCCC3)C2)cc1. The Kier molecular flexibility index (Phi) is 6.54. The highest BCUT2D eigenvalue weighted by Crippen LogP contribution is 2.23. The van der Waals surface area contributed by atoms with Crippen LogP contribution in [0.25, 0.3) is 0 Å². The Balaban J connectivity index is 1.51. The van der Waals surface area contributed by atoms with Crippen LogP contribution in [0, 0.1) is 5.92 Å². The Hall–Kier alpha value is -1.33. The lowest BCUT2D eigenvalue weighted by Gasteiger charge is -2.32. The van der Waals surface area contributed by atoms with Crippen molar-refractivity contribution < 1.29 is 9.59 Å². The number of carbonyl (C=O) groups is 2. The highest BCUT2D eigenvalue weighted by molar-refractivity contribution is 7.98. The third-order valence-corrected chi connectivity index (χ3v) is 6.10. The summed E-state index contributed by atoms with van der Waals surface area (Å²) in [5.41, 5.74) is 0.817. The number of thioether (sulfide) groups is 1. The molecule has 1 aromatic carbocycles. The first kappa shape index (κ1) is 18.5. The molecular formula is C20H28N2O2S. The van der Waals surface area contributed by atoms with E-state index in [4.69, 9.17) is 0 Å². The minimum absolute atomic E-state index is 0.0655. The molecular weight excluding hydrogens is 332 g/mol. The van der Waals surface area contributed by atoms with Gasteiger partial charge in [0.1, 0.15) is 0 Å². The molecule has 1 aromatic rings. The molecule has 0 spiro atoms. The fraction of sp³-hybridized carbons (Fsp3) is 0.600. The number of nitrogens with zero attached hydrogens (tertiary/aromatic N) is 2.